The van der Waals surface area contributed by atoms with Crippen LogP contribution in [-0.2, 0) is 4.74 Å². The molecule has 10 rings (SSSR count). The summed E-state index contributed by atoms with van der Waals surface area (Å²) in [4.78, 5) is 52.5. The fourth-order valence-corrected chi connectivity index (χ4v) is 10.0. The maximum atomic E-state index is 12.4. The number of carbonyl (C=O) groups is 1. The van der Waals surface area contributed by atoms with E-state index in [1.807, 2.05) is 81.4 Å². The summed E-state index contributed by atoms with van der Waals surface area (Å²) in [5.74, 6) is 4.65. The van der Waals surface area contributed by atoms with Crippen LogP contribution in [-0.4, -0.2) is 187 Å². The molecule has 22 heteroatoms. The van der Waals surface area contributed by atoms with Crippen LogP contribution in [0.3, 0.4) is 0 Å². The Hall–Kier alpha value is -8.57. The molecule has 22 nitrogen and oxygen atoms in total. The lowest BCUT2D eigenvalue weighted by atomic mass is 10.1. The normalized spacial score (nSPS) is 16.5. The van der Waals surface area contributed by atoms with Crippen LogP contribution >= 0.6 is 0 Å². The number of methoxy groups -OCH3 is 2. The molecule has 0 spiro atoms. The summed E-state index contributed by atoms with van der Waals surface area (Å²) < 4.78 is 29.1. The molecule has 1 amide bonds. The number of hydrogen-bond acceptors (Lipinski definition) is 21. The first-order valence-electron chi connectivity index (χ1n) is 27.9. The number of likely N-dealkylation sites (tertiary alicyclic amines) is 2. The highest BCUT2D eigenvalue weighted by Gasteiger charge is 2.29. The standard InChI is InChI=1S/C32H40N8O4.C28H34N8O2.CH4/c1-32(2,3)44-31(41)40-12-10-24(11-13-40)43-27-8-6-22(18-23(27)20-33)25-19-29(35-21-34-25)36-28-9-7-26(30(37-28)42-5)39-16-14-38(4)15-17-39;1-34-10-8-22(9-11-34)38-25-6-4-20(16-21(25)18-29)23-17-27(31-19-30-23)32-26-7-5-24(28(33-26)37-3)36-14-12-35(2)13-15-36;/h6-9,18-19,21,24H,10-17H2,1-5H3,(H,34,35,36,37);4-7,16-17,19,22H,8-15H2,1-3H3,(H,30,31,32,33);1H4. The van der Waals surface area contributed by atoms with Crippen LogP contribution in [0.25, 0.3) is 22.5 Å². The topological polar surface area (TPSA) is 232 Å². The number of hydrogen-bond donors (Lipinski definition) is 2. The molecule has 4 fully saturated rings. The lowest BCUT2D eigenvalue weighted by Crippen LogP contribution is -2.44. The Labute approximate surface area is 488 Å². The van der Waals surface area contributed by atoms with E-state index in [2.05, 4.69) is 98.3 Å². The number of likely N-dealkylation sites (N-methyl/N-ethyl adjacent to an activating group) is 2. The van der Waals surface area contributed by atoms with Crippen LogP contribution in [0.2, 0.25) is 0 Å². The summed E-state index contributed by atoms with van der Waals surface area (Å²) in [6.07, 6.45) is 5.92. The van der Waals surface area contributed by atoms with E-state index in [4.69, 9.17) is 23.7 Å². The molecule has 83 heavy (non-hydrogen) atoms. The molecule has 0 atom stereocenters. The zero-order valence-corrected chi connectivity index (χ0v) is 48.3. The van der Waals surface area contributed by atoms with Crippen molar-refractivity contribution in [1.29, 1.82) is 10.5 Å². The van der Waals surface area contributed by atoms with E-state index in [9.17, 15) is 15.3 Å². The van der Waals surface area contributed by atoms with Crippen molar-refractivity contribution in [1.82, 2.24) is 49.5 Å². The number of aromatic nitrogens is 6. The maximum absolute atomic E-state index is 12.4. The van der Waals surface area contributed by atoms with E-state index in [1.165, 1.54) is 12.7 Å². The Morgan fingerprint density at radius 2 is 0.952 bits per heavy atom. The molecule has 0 unspecified atom stereocenters. The second kappa shape index (κ2) is 27.9. The van der Waals surface area contributed by atoms with Gasteiger partial charge in [0.15, 0.2) is 0 Å². The third-order valence-corrected chi connectivity index (χ3v) is 14.7. The van der Waals surface area contributed by atoms with Gasteiger partial charge in [0.2, 0.25) is 11.8 Å². The van der Waals surface area contributed by atoms with Gasteiger partial charge in [0.25, 0.3) is 0 Å². The number of rotatable bonds is 14. The lowest BCUT2D eigenvalue weighted by Gasteiger charge is -2.34. The molecule has 4 aliphatic rings. The molecule has 4 saturated heterocycles. The third kappa shape index (κ3) is 16.1. The highest BCUT2D eigenvalue weighted by atomic mass is 16.6. The number of nitriles is 2. The van der Waals surface area contributed by atoms with Gasteiger partial charge in [0.05, 0.1) is 36.7 Å². The molecule has 2 N–H and O–H groups in total. The molecule has 6 aromatic rings. The Morgan fingerprint density at radius 1 is 0.542 bits per heavy atom. The van der Waals surface area contributed by atoms with Gasteiger partial charge in [-0.1, -0.05) is 7.43 Å². The minimum atomic E-state index is -0.533. The molecular formula is C61H78N16O6. The van der Waals surface area contributed by atoms with Gasteiger partial charge in [-0.2, -0.15) is 20.5 Å². The predicted octanol–water partition coefficient (Wildman–Crippen LogP) is 8.72. The molecule has 0 aliphatic carbocycles. The molecule has 0 radical (unpaired) electrons. The number of carbonyl (C=O) groups excluding carboxylic acids is 1. The summed E-state index contributed by atoms with van der Waals surface area (Å²) >= 11 is 0. The largest absolute Gasteiger partial charge is 0.489 e. The minimum absolute atomic E-state index is 0. The highest BCUT2D eigenvalue weighted by Crippen LogP contribution is 2.34. The van der Waals surface area contributed by atoms with E-state index in [-0.39, 0.29) is 25.7 Å². The van der Waals surface area contributed by atoms with Crippen molar-refractivity contribution in [2.24, 2.45) is 0 Å². The monoisotopic (exact) mass is 1130 g/mol. The van der Waals surface area contributed by atoms with Gasteiger partial charge >= 0.3 is 6.09 Å². The van der Waals surface area contributed by atoms with Crippen LogP contribution in [0.15, 0.2) is 85.5 Å². The molecule has 2 aromatic carbocycles. The number of piperidine rings is 2. The third-order valence-electron chi connectivity index (χ3n) is 14.7. The number of nitrogens with zero attached hydrogens (tertiary/aromatic N) is 14. The smallest absolute Gasteiger partial charge is 0.410 e. The quantitative estimate of drug-likeness (QED) is 0.104. The highest BCUT2D eigenvalue weighted by molar-refractivity contribution is 5.71. The number of anilines is 6. The first-order chi connectivity index (χ1) is 39.6. The first-order valence-corrected chi connectivity index (χ1v) is 27.9. The van der Waals surface area contributed by atoms with E-state index in [0.29, 0.717) is 95.0 Å². The lowest BCUT2D eigenvalue weighted by molar-refractivity contribution is 0.0126. The van der Waals surface area contributed by atoms with Crippen LogP contribution in [0.5, 0.6) is 23.3 Å². The molecular weight excluding hydrogens is 1050 g/mol. The molecule has 438 valence electrons. The maximum Gasteiger partial charge on any atom is 0.410 e. The van der Waals surface area contributed by atoms with Gasteiger partial charge in [-0.15, -0.1) is 0 Å². The second-order valence-electron chi connectivity index (χ2n) is 21.9. The Bertz CT molecular complexity index is 3220. The minimum Gasteiger partial charge on any atom is -0.489 e. The Kier molecular flexibility index (Phi) is 20.4. The number of nitrogens with one attached hydrogen (secondary N) is 2. The predicted molar refractivity (Wildman–Crippen MR) is 321 cm³/mol. The fourth-order valence-electron chi connectivity index (χ4n) is 10.0. The molecule has 8 heterocycles. The zero-order chi connectivity index (χ0) is 57.8. The van der Waals surface area contributed by atoms with E-state index in [0.717, 1.165) is 101 Å². The van der Waals surface area contributed by atoms with Crippen molar-refractivity contribution in [3.63, 3.8) is 0 Å². The first kappa shape index (κ1) is 60.5. The van der Waals surface area contributed by atoms with Gasteiger partial charge in [-0.25, -0.2) is 24.7 Å². The van der Waals surface area contributed by atoms with E-state index < -0.39 is 5.60 Å². The van der Waals surface area contributed by atoms with Crippen LogP contribution in [0, 0.1) is 22.7 Å². The van der Waals surface area contributed by atoms with Crippen molar-refractivity contribution in [3.8, 4) is 57.9 Å². The van der Waals surface area contributed by atoms with Crippen LogP contribution in [0.1, 0.15) is 65.0 Å². The second-order valence-corrected chi connectivity index (χ2v) is 21.9. The van der Waals surface area contributed by atoms with Crippen molar-refractivity contribution < 1.29 is 28.5 Å². The van der Waals surface area contributed by atoms with Gasteiger partial charge in [-0.3, -0.25) is 0 Å². The molecule has 0 bridgehead atoms. The Morgan fingerprint density at radius 3 is 1.35 bits per heavy atom. The number of benzene rings is 2. The van der Waals surface area contributed by atoms with Gasteiger partial charge in [-0.05, 0) is 115 Å². The molecule has 0 saturated carbocycles. The van der Waals surface area contributed by atoms with Gasteiger partial charge in [0.1, 0.15) is 88.7 Å². The average molecular weight is 1130 g/mol. The fraction of sp³-hybridized carbons (Fsp3) is 0.459. The van der Waals surface area contributed by atoms with Crippen LogP contribution in [0.4, 0.5) is 39.4 Å². The number of piperazine rings is 2. The molecule has 4 aliphatic heterocycles. The summed E-state index contributed by atoms with van der Waals surface area (Å²) in [6.45, 7) is 16.3. The number of ether oxygens (including phenoxy) is 5. The number of pyridine rings is 2. The summed E-state index contributed by atoms with van der Waals surface area (Å²) in [5, 5.41) is 26.2. The SMILES string of the molecule is C.COc1nc(Nc2cc(-c3ccc(OC4CCN(C(=O)OC(C)(C)C)CC4)c(C#N)c3)ncn2)ccc1N1CCN(C)CC1.COc1nc(Nc2cc(-c3ccc(OC4CCN(C)CC4)c(C#N)c3)ncn2)ccc1N1CCN(C)CC1. The van der Waals surface area contributed by atoms with Gasteiger partial charge < -0.3 is 63.7 Å². The van der Waals surface area contributed by atoms with E-state index >= 15 is 0 Å². The average Bonchev–Trinajstić information content (AvgIpc) is 3.68. The zero-order valence-electron chi connectivity index (χ0n) is 48.3. The van der Waals surface area contributed by atoms with Crippen molar-refractivity contribution >= 4 is 40.7 Å². The van der Waals surface area contributed by atoms with E-state index in [1.54, 1.807) is 31.3 Å². The Balaban J connectivity index is 0.000000216. The number of amides is 1. The summed E-state index contributed by atoms with van der Waals surface area (Å²) in [6, 6.07) is 27.1. The summed E-state index contributed by atoms with van der Waals surface area (Å²) in [7, 11) is 9.64. The van der Waals surface area contributed by atoms with Gasteiger partial charge in [0, 0.05) is 115 Å². The van der Waals surface area contributed by atoms with Crippen molar-refractivity contribution in [3.05, 3.63) is 96.6 Å². The van der Waals surface area contributed by atoms with Crippen LogP contribution < -0.4 is 39.4 Å². The summed E-state index contributed by atoms with van der Waals surface area (Å²) in [5.41, 5.74) is 5.26. The van der Waals surface area contributed by atoms with Crippen molar-refractivity contribution in [2.45, 2.75) is 71.7 Å². The van der Waals surface area contributed by atoms with Crippen molar-refractivity contribution in [2.75, 3.05) is 134 Å². The molecule has 4 aromatic heterocycles.